The molecule has 1 aromatic rings. The van der Waals surface area contributed by atoms with E-state index in [1.165, 1.54) is 6.92 Å². The first-order valence-corrected chi connectivity index (χ1v) is 7.94. The van der Waals surface area contributed by atoms with Gasteiger partial charge in [-0.2, -0.15) is 0 Å². The van der Waals surface area contributed by atoms with Gasteiger partial charge >= 0.3 is 12.1 Å². The number of alkyl carbamates (subject to hydrolysis) is 1. The molecular formula is C17H24N2O5. The lowest BCUT2D eigenvalue weighted by Crippen LogP contribution is -2.50. The Morgan fingerprint density at radius 1 is 1.17 bits per heavy atom. The smallest absolute Gasteiger partial charge is 0.408 e. The Labute approximate surface area is 141 Å². The maximum absolute atomic E-state index is 12.0. The molecule has 0 aliphatic carbocycles. The van der Waals surface area contributed by atoms with Crippen LogP contribution >= 0.6 is 0 Å². The van der Waals surface area contributed by atoms with Crippen LogP contribution in [0.1, 0.15) is 38.7 Å². The summed E-state index contributed by atoms with van der Waals surface area (Å²) in [4.78, 5) is 34.8. The Balaban J connectivity index is 2.41. The highest BCUT2D eigenvalue weighted by atomic mass is 16.5. The second-order valence-electron chi connectivity index (χ2n) is 5.47. The predicted octanol–water partition coefficient (Wildman–Crippen LogP) is 2.06. The lowest BCUT2D eigenvalue weighted by molar-refractivity contribution is -0.142. The van der Waals surface area contributed by atoms with Gasteiger partial charge in [-0.15, -0.1) is 0 Å². The Hall–Kier alpha value is -2.57. The van der Waals surface area contributed by atoms with Gasteiger partial charge in [0, 0.05) is 0 Å². The molecule has 7 heteroatoms. The van der Waals surface area contributed by atoms with Crippen molar-refractivity contribution in [2.24, 2.45) is 0 Å². The van der Waals surface area contributed by atoms with Crippen LogP contribution in [0.25, 0.3) is 0 Å². The van der Waals surface area contributed by atoms with Gasteiger partial charge < -0.3 is 20.5 Å². The number of nitrogens with one attached hydrogen (secondary N) is 2. The van der Waals surface area contributed by atoms with Gasteiger partial charge in [-0.1, -0.05) is 50.1 Å². The summed E-state index contributed by atoms with van der Waals surface area (Å²) >= 11 is 0. The van der Waals surface area contributed by atoms with Crippen LogP contribution < -0.4 is 10.6 Å². The third-order valence-electron chi connectivity index (χ3n) is 3.40. The van der Waals surface area contributed by atoms with Gasteiger partial charge in [-0.3, -0.25) is 4.79 Å². The minimum atomic E-state index is -1.09. The summed E-state index contributed by atoms with van der Waals surface area (Å²) in [6.07, 6.45) is 1.14. The molecule has 0 aliphatic rings. The van der Waals surface area contributed by atoms with E-state index in [9.17, 15) is 14.4 Å². The van der Waals surface area contributed by atoms with Crippen molar-refractivity contribution in [3.63, 3.8) is 0 Å². The fourth-order valence-electron chi connectivity index (χ4n) is 1.97. The predicted molar refractivity (Wildman–Crippen MR) is 88.3 cm³/mol. The van der Waals surface area contributed by atoms with Crippen LogP contribution in [0, 0.1) is 0 Å². The van der Waals surface area contributed by atoms with Gasteiger partial charge in [-0.25, -0.2) is 9.59 Å². The lowest BCUT2D eigenvalue weighted by atomic mass is 10.1. The van der Waals surface area contributed by atoms with Crippen molar-refractivity contribution in [1.82, 2.24) is 10.6 Å². The van der Waals surface area contributed by atoms with Crippen molar-refractivity contribution >= 4 is 18.0 Å². The first kappa shape index (κ1) is 19.5. The number of carboxylic acids is 1. The maximum Gasteiger partial charge on any atom is 0.408 e. The third kappa shape index (κ3) is 7.13. The SMILES string of the molecule is CCCC[C@H](NC(=O)[C@@H](C)NC(=O)OCc1ccccc1)C(=O)O. The van der Waals surface area contributed by atoms with E-state index in [-0.39, 0.29) is 6.61 Å². The number of carbonyl (C=O) groups is 3. The molecule has 24 heavy (non-hydrogen) atoms. The molecule has 132 valence electrons. The van der Waals surface area contributed by atoms with E-state index in [0.29, 0.717) is 12.8 Å². The minimum absolute atomic E-state index is 0.0925. The molecule has 1 rings (SSSR count). The Morgan fingerprint density at radius 2 is 1.83 bits per heavy atom. The molecule has 3 N–H and O–H groups in total. The second-order valence-corrected chi connectivity index (χ2v) is 5.47. The van der Waals surface area contributed by atoms with E-state index in [0.717, 1.165) is 12.0 Å². The number of hydrogen-bond donors (Lipinski definition) is 3. The number of rotatable bonds is 9. The van der Waals surface area contributed by atoms with Crippen LogP contribution in [0.4, 0.5) is 4.79 Å². The molecule has 0 saturated heterocycles. The second kappa shape index (κ2) is 10.3. The number of amides is 2. The minimum Gasteiger partial charge on any atom is -0.480 e. The van der Waals surface area contributed by atoms with Gasteiger partial charge in [0.15, 0.2) is 0 Å². The molecule has 1 aromatic carbocycles. The van der Waals surface area contributed by atoms with Crippen LogP contribution in [-0.4, -0.2) is 35.2 Å². The zero-order valence-corrected chi connectivity index (χ0v) is 14.0. The molecule has 2 amide bonds. The van der Waals surface area contributed by atoms with Crippen LogP contribution in [0.3, 0.4) is 0 Å². The molecule has 0 bridgehead atoms. The summed E-state index contributed by atoms with van der Waals surface area (Å²) in [7, 11) is 0. The van der Waals surface area contributed by atoms with Gasteiger partial charge in [0.25, 0.3) is 0 Å². The highest BCUT2D eigenvalue weighted by Crippen LogP contribution is 2.03. The Kier molecular flexibility index (Phi) is 8.32. The molecule has 7 nitrogen and oxygen atoms in total. The van der Waals surface area contributed by atoms with E-state index in [1.54, 1.807) is 0 Å². The highest BCUT2D eigenvalue weighted by molar-refractivity contribution is 5.88. The van der Waals surface area contributed by atoms with Gasteiger partial charge in [0.1, 0.15) is 18.7 Å². The summed E-state index contributed by atoms with van der Waals surface area (Å²) in [5.41, 5.74) is 0.829. The van der Waals surface area contributed by atoms with Crippen LogP contribution in [0.15, 0.2) is 30.3 Å². The standard InChI is InChI=1S/C17H24N2O5/c1-3-4-10-14(16(21)22)19-15(20)12(2)18-17(23)24-11-13-8-6-5-7-9-13/h5-9,12,14H,3-4,10-11H2,1-2H3,(H,18,23)(H,19,20)(H,21,22)/t12-,14+/m1/s1. The molecule has 0 heterocycles. The van der Waals surface area contributed by atoms with Crippen molar-refractivity contribution in [3.05, 3.63) is 35.9 Å². The van der Waals surface area contributed by atoms with E-state index in [2.05, 4.69) is 10.6 Å². The monoisotopic (exact) mass is 336 g/mol. The summed E-state index contributed by atoms with van der Waals surface area (Å²) in [5.74, 6) is -1.65. The summed E-state index contributed by atoms with van der Waals surface area (Å²) in [6.45, 7) is 3.50. The average Bonchev–Trinajstić information content (AvgIpc) is 2.57. The molecule has 0 aliphatic heterocycles. The Bertz CT molecular complexity index is 547. The van der Waals surface area contributed by atoms with E-state index < -0.39 is 30.1 Å². The number of aliphatic carboxylic acids is 1. The first-order valence-electron chi connectivity index (χ1n) is 7.94. The maximum atomic E-state index is 12.0. The van der Waals surface area contributed by atoms with Crippen molar-refractivity contribution < 1.29 is 24.2 Å². The van der Waals surface area contributed by atoms with Crippen molar-refractivity contribution in [2.45, 2.75) is 51.8 Å². The zero-order valence-electron chi connectivity index (χ0n) is 14.0. The normalized spacial score (nSPS) is 12.8. The van der Waals surface area contributed by atoms with Crippen LogP contribution in [-0.2, 0) is 20.9 Å². The molecule has 0 radical (unpaired) electrons. The number of hydrogen-bond acceptors (Lipinski definition) is 4. The molecular weight excluding hydrogens is 312 g/mol. The number of unbranched alkanes of at least 4 members (excludes halogenated alkanes) is 1. The van der Waals surface area contributed by atoms with Gasteiger partial charge in [0.2, 0.25) is 5.91 Å². The summed E-state index contributed by atoms with van der Waals surface area (Å²) < 4.78 is 5.02. The van der Waals surface area contributed by atoms with Crippen molar-refractivity contribution in [3.8, 4) is 0 Å². The fourth-order valence-corrected chi connectivity index (χ4v) is 1.97. The molecule has 2 atom stereocenters. The van der Waals surface area contributed by atoms with E-state index in [1.807, 2.05) is 37.3 Å². The third-order valence-corrected chi connectivity index (χ3v) is 3.40. The molecule has 0 saturated carbocycles. The number of benzene rings is 1. The summed E-state index contributed by atoms with van der Waals surface area (Å²) in [5, 5.41) is 13.9. The zero-order chi connectivity index (χ0) is 17.9. The van der Waals surface area contributed by atoms with Crippen molar-refractivity contribution in [2.75, 3.05) is 0 Å². The largest absolute Gasteiger partial charge is 0.480 e. The van der Waals surface area contributed by atoms with Crippen LogP contribution in [0.5, 0.6) is 0 Å². The van der Waals surface area contributed by atoms with E-state index >= 15 is 0 Å². The Morgan fingerprint density at radius 3 is 2.42 bits per heavy atom. The number of ether oxygens (including phenoxy) is 1. The highest BCUT2D eigenvalue weighted by Gasteiger charge is 2.23. The fraction of sp³-hybridized carbons (Fsp3) is 0.471. The molecule has 0 aromatic heterocycles. The quantitative estimate of drug-likeness (QED) is 0.640. The van der Waals surface area contributed by atoms with E-state index in [4.69, 9.17) is 9.84 Å². The van der Waals surface area contributed by atoms with Gasteiger partial charge in [0.05, 0.1) is 0 Å². The van der Waals surface area contributed by atoms with Crippen molar-refractivity contribution in [1.29, 1.82) is 0 Å². The topological polar surface area (TPSA) is 105 Å². The molecule has 0 fully saturated rings. The molecule has 0 unspecified atom stereocenters. The number of carbonyl (C=O) groups excluding carboxylic acids is 2. The lowest BCUT2D eigenvalue weighted by Gasteiger charge is -2.18. The average molecular weight is 336 g/mol. The number of carboxylic acid groups (broad SMARTS) is 1. The summed E-state index contributed by atoms with van der Waals surface area (Å²) in [6, 6.07) is 7.29. The molecule has 0 spiro atoms. The van der Waals surface area contributed by atoms with Gasteiger partial charge in [-0.05, 0) is 18.9 Å². The van der Waals surface area contributed by atoms with Crippen LogP contribution in [0.2, 0.25) is 0 Å². The first-order chi connectivity index (χ1) is 11.4.